The van der Waals surface area contributed by atoms with Crippen LogP contribution in [0.1, 0.15) is 11.1 Å². The molecule has 2 aromatic carbocycles. The van der Waals surface area contributed by atoms with Crippen LogP contribution in [0.2, 0.25) is 0 Å². The first-order valence-corrected chi connectivity index (χ1v) is 8.11. The minimum absolute atomic E-state index is 0.157. The Morgan fingerprint density at radius 3 is 2.83 bits per heavy atom. The highest BCUT2D eigenvalue weighted by atomic mass is 79.9. The van der Waals surface area contributed by atoms with E-state index in [4.69, 9.17) is 9.47 Å². The molecule has 2 aromatic rings. The molecule has 1 amide bonds. The third kappa shape index (κ3) is 3.93. The summed E-state index contributed by atoms with van der Waals surface area (Å²) in [6, 6.07) is 13.4. The van der Waals surface area contributed by atoms with Crippen molar-refractivity contribution in [1.82, 2.24) is 5.32 Å². The highest BCUT2D eigenvalue weighted by Crippen LogP contribution is 2.33. The second-order valence-electron chi connectivity index (χ2n) is 5.01. The van der Waals surface area contributed by atoms with Gasteiger partial charge in [-0.05, 0) is 23.8 Å². The Bertz CT molecular complexity index is 743. The average Bonchev–Trinajstić information content (AvgIpc) is 2.59. The smallest absolute Gasteiger partial charge is 0.244 e. The molecule has 0 unspecified atom stereocenters. The zero-order valence-electron chi connectivity index (χ0n) is 12.4. The standard InChI is InChI=1S/C18H16BrNO3/c19-15-6-2-1-4-13(15)8-9-17(21)20-12-14-5-3-7-16-18(14)23-11-10-22-16/h1-9H,10-12H2,(H,20,21)/b9-8+. The van der Waals surface area contributed by atoms with Crippen molar-refractivity contribution in [2.24, 2.45) is 0 Å². The molecule has 0 radical (unpaired) electrons. The van der Waals surface area contributed by atoms with Crippen LogP contribution in [0.4, 0.5) is 0 Å². The van der Waals surface area contributed by atoms with Crippen LogP contribution in [-0.2, 0) is 11.3 Å². The van der Waals surface area contributed by atoms with E-state index in [1.54, 1.807) is 6.08 Å². The molecule has 0 aromatic heterocycles. The summed E-state index contributed by atoms with van der Waals surface area (Å²) in [7, 11) is 0. The summed E-state index contributed by atoms with van der Waals surface area (Å²) in [6.07, 6.45) is 3.30. The zero-order valence-corrected chi connectivity index (χ0v) is 14.0. The van der Waals surface area contributed by atoms with Crippen LogP contribution in [0.15, 0.2) is 53.0 Å². The molecule has 0 bridgehead atoms. The van der Waals surface area contributed by atoms with Crippen molar-refractivity contribution in [2.45, 2.75) is 6.54 Å². The second kappa shape index (κ2) is 7.33. The first-order valence-electron chi connectivity index (χ1n) is 7.32. The molecule has 0 saturated carbocycles. The number of hydrogen-bond acceptors (Lipinski definition) is 3. The van der Waals surface area contributed by atoms with Crippen molar-refractivity contribution in [2.75, 3.05) is 13.2 Å². The molecular weight excluding hydrogens is 358 g/mol. The molecule has 3 rings (SSSR count). The van der Waals surface area contributed by atoms with Crippen LogP contribution in [0.5, 0.6) is 11.5 Å². The van der Waals surface area contributed by atoms with Gasteiger partial charge in [0.05, 0.1) is 0 Å². The lowest BCUT2D eigenvalue weighted by atomic mass is 10.1. The Morgan fingerprint density at radius 1 is 1.13 bits per heavy atom. The first-order chi connectivity index (χ1) is 11.2. The number of para-hydroxylation sites is 1. The minimum atomic E-state index is -0.157. The lowest BCUT2D eigenvalue weighted by Gasteiger charge is -2.20. The van der Waals surface area contributed by atoms with E-state index in [0.717, 1.165) is 21.3 Å². The number of hydrogen-bond donors (Lipinski definition) is 1. The number of carbonyl (C=O) groups excluding carboxylic acids is 1. The number of amides is 1. The third-order valence-electron chi connectivity index (χ3n) is 3.42. The Labute approximate surface area is 143 Å². The molecule has 1 heterocycles. The lowest BCUT2D eigenvalue weighted by Crippen LogP contribution is -2.22. The number of halogens is 1. The predicted molar refractivity (Wildman–Crippen MR) is 92.5 cm³/mol. The van der Waals surface area contributed by atoms with Crippen molar-refractivity contribution in [3.63, 3.8) is 0 Å². The van der Waals surface area contributed by atoms with Crippen LogP contribution < -0.4 is 14.8 Å². The summed E-state index contributed by atoms with van der Waals surface area (Å²) < 4.78 is 12.1. The highest BCUT2D eigenvalue weighted by Gasteiger charge is 2.15. The summed E-state index contributed by atoms with van der Waals surface area (Å²) in [5.74, 6) is 1.29. The molecule has 0 atom stereocenters. The Balaban J connectivity index is 1.63. The van der Waals surface area contributed by atoms with Crippen molar-refractivity contribution in [1.29, 1.82) is 0 Å². The fraction of sp³-hybridized carbons (Fsp3) is 0.167. The largest absolute Gasteiger partial charge is 0.486 e. The van der Waals surface area contributed by atoms with Gasteiger partial charge in [0.15, 0.2) is 11.5 Å². The number of carbonyl (C=O) groups is 1. The lowest BCUT2D eigenvalue weighted by molar-refractivity contribution is -0.116. The molecule has 0 spiro atoms. The molecule has 4 nitrogen and oxygen atoms in total. The van der Waals surface area contributed by atoms with Gasteiger partial charge in [-0.3, -0.25) is 4.79 Å². The number of fused-ring (bicyclic) bond motifs is 1. The van der Waals surface area contributed by atoms with Gasteiger partial charge >= 0.3 is 0 Å². The maximum atomic E-state index is 12.0. The highest BCUT2D eigenvalue weighted by molar-refractivity contribution is 9.10. The van der Waals surface area contributed by atoms with E-state index < -0.39 is 0 Å². The van der Waals surface area contributed by atoms with Gasteiger partial charge in [-0.25, -0.2) is 0 Å². The molecule has 0 aliphatic carbocycles. The summed E-state index contributed by atoms with van der Waals surface area (Å²) in [5.41, 5.74) is 1.86. The summed E-state index contributed by atoms with van der Waals surface area (Å²) in [4.78, 5) is 12.0. The van der Waals surface area contributed by atoms with E-state index in [1.807, 2.05) is 42.5 Å². The van der Waals surface area contributed by atoms with Crippen molar-refractivity contribution >= 4 is 27.9 Å². The predicted octanol–water partition coefficient (Wildman–Crippen LogP) is 3.55. The number of nitrogens with one attached hydrogen (secondary N) is 1. The minimum Gasteiger partial charge on any atom is -0.486 e. The van der Waals surface area contributed by atoms with Crippen molar-refractivity contribution < 1.29 is 14.3 Å². The van der Waals surface area contributed by atoms with Crippen LogP contribution in [0.25, 0.3) is 6.08 Å². The molecule has 0 fully saturated rings. The van der Waals surface area contributed by atoms with Gasteiger partial charge in [0.25, 0.3) is 0 Å². The maximum absolute atomic E-state index is 12.0. The van der Waals surface area contributed by atoms with E-state index in [9.17, 15) is 4.79 Å². The zero-order chi connectivity index (χ0) is 16.1. The molecule has 1 aliphatic heterocycles. The van der Waals surface area contributed by atoms with Gasteiger partial charge in [-0.15, -0.1) is 0 Å². The van der Waals surface area contributed by atoms with Gasteiger partial charge in [0.2, 0.25) is 5.91 Å². The van der Waals surface area contributed by atoms with E-state index >= 15 is 0 Å². The third-order valence-corrected chi connectivity index (χ3v) is 4.14. The molecule has 1 aliphatic rings. The van der Waals surface area contributed by atoms with Crippen molar-refractivity contribution in [3.05, 3.63) is 64.1 Å². The molecule has 1 N–H and O–H groups in total. The Hall–Kier alpha value is -2.27. The van der Waals surface area contributed by atoms with E-state index in [1.165, 1.54) is 6.08 Å². The second-order valence-corrected chi connectivity index (χ2v) is 5.87. The molecule has 118 valence electrons. The number of rotatable bonds is 4. The molecular formula is C18H16BrNO3. The van der Waals surface area contributed by atoms with Crippen LogP contribution in [-0.4, -0.2) is 19.1 Å². The Morgan fingerprint density at radius 2 is 1.96 bits per heavy atom. The van der Waals surface area contributed by atoms with E-state index in [-0.39, 0.29) is 5.91 Å². The van der Waals surface area contributed by atoms with Crippen LogP contribution in [0.3, 0.4) is 0 Å². The van der Waals surface area contributed by atoms with E-state index in [0.29, 0.717) is 25.5 Å². The average molecular weight is 374 g/mol. The summed E-state index contributed by atoms with van der Waals surface area (Å²) in [5, 5.41) is 2.86. The normalized spacial score (nSPS) is 13.1. The fourth-order valence-corrected chi connectivity index (χ4v) is 2.71. The summed E-state index contributed by atoms with van der Waals surface area (Å²) >= 11 is 3.45. The number of ether oxygens (including phenoxy) is 2. The monoisotopic (exact) mass is 373 g/mol. The maximum Gasteiger partial charge on any atom is 0.244 e. The van der Waals surface area contributed by atoms with Gasteiger partial charge in [0, 0.05) is 22.7 Å². The van der Waals surface area contributed by atoms with Gasteiger partial charge < -0.3 is 14.8 Å². The van der Waals surface area contributed by atoms with E-state index in [2.05, 4.69) is 21.2 Å². The summed E-state index contributed by atoms with van der Waals surface area (Å²) in [6.45, 7) is 1.48. The van der Waals surface area contributed by atoms with Gasteiger partial charge in [0.1, 0.15) is 13.2 Å². The van der Waals surface area contributed by atoms with Crippen molar-refractivity contribution in [3.8, 4) is 11.5 Å². The Kier molecular flexibility index (Phi) is 4.98. The molecule has 0 saturated heterocycles. The quantitative estimate of drug-likeness (QED) is 0.833. The van der Waals surface area contributed by atoms with Crippen LogP contribution in [0, 0.1) is 0 Å². The number of benzene rings is 2. The molecule has 23 heavy (non-hydrogen) atoms. The topological polar surface area (TPSA) is 47.6 Å². The SMILES string of the molecule is O=C(/C=C/c1ccccc1Br)NCc1cccc2c1OCCO2. The fourth-order valence-electron chi connectivity index (χ4n) is 2.29. The van der Waals surface area contributed by atoms with Gasteiger partial charge in [-0.1, -0.05) is 46.3 Å². The van der Waals surface area contributed by atoms with Crippen LogP contribution >= 0.6 is 15.9 Å². The molecule has 5 heteroatoms. The first kappa shape index (κ1) is 15.6. The van der Waals surface area contributed by atoms with Gasteiger partial charge in [-0.2, -0.15) is 0 Å².